The quantitative estimate of drug-likeness (QED) is 0.819. The van der Waals surface area contributed by atoms with Crippen LogP contribution in [0, 0.1) is 0 Å². The van der Waals surface area contributed by atoms with Crippen molar-refractivity contribution in [3.8, 4) is 0 Å². The number of likely N-dealkylation sites (tertiary alicyclic amines) is 1. The number of aliphatic hydroxyl groups excluding tert-OH is 1. The predicted octanol–water partition coefficient (Wildman–Crippen LogP) is 2.29. The molecule has 1 saturated heterocycles. The highest BCUT2D eigenvalue weighted by Gasteiger charge is 2.38. The molecule has 1 aromatic carbocycles. The van der Waals surface area contributed by atoms with E-state index in [-0.39, 0.29) is 0 Å². The molecular weight excluding hydrogens is 287 g/mol. The van der Waals surface area contributed by atoms with Crippen molar-refractivity contribution in [2.75, 3.05) is 13.2 Å². The molecule has 3 atom stereocenters. The van der Waals surface area contributed by atoms with E-state index in [9.17, 15) is 5.11 Å². The third-order valence-electron chi connectivity index (χ3n) is 5.68. The number of nitrogens with zero attached hydrogens (tertiary/aromatic N) is 1. The average molecular weight is 313 g/mol. The molecule has 2 fully saturated rings. The molecule has 3 unspecified atom stereocenters. The van der Waals surface area contributed by atoms with Crippen molar-refractivity contribution >= 4 is 15.4 Å². The predicted molar refractivity (Wildman–Crippen MR) is 90.0 cm³/mol. The fourth-order valence-electron chi connectivity index (χ4n) is 4.29. The lowest BCUT2D eigenvalue weighted by molar-refractivity contribution is 0.0929. The van der Waals surface area contributed by atoms with Gasteiger partial charge in [-0.25, -0.2) is 0 Å². The molecule has 1 radical (unpaired) electrons. The Hall–Kier alpha value is -0.368. The van der Waals surface area contributed by atoms with E-state index in [4.69, 9.17) is 0 Å². The second-order valence-electron chi connectivity index (χ2n) is 7.17. The van der Waals surface area contributed by atoms with Gasteiger partial charge in [0.1, 0.15) is 0 Å². The van der Waals surface area contributed by atoms with Crippen LogP contribution in [0.25, 0.3) is 0 Å². The molecule has 3 nitrogen and oxygen atoms in total. The van der Waals surface area contributed by atoms with E-state index in [1.54, 1.807) is 0 Å². The van der Waals surface area contributed by atoms with Crippen LogP contribution < -0.4 is 4.30 Å². The molecular formula is C18H26AlN2O. The highest BCUT2D eigenvalue weighted by Crippen LogP contribution is 2.38. The normalized spacial score (nSPS) is 32.0. The Morgan fingerprint density at radius 2 is 2.05 bits per heavy atom. The van der Waals surface area contributed by atoms with E-state index in [0.717, 1.165) is 17.7 Å². The molecule has 0 aromatic heterocycles. The van der Waals surface area contributed by atoms with Gasteiger partial charge in [0.2, 0.25) is 0 Å². The second-order valence-corrected chi connectivity index (χ2v) is 8.78. The lowest BCUT2D eigenvalue weighted by Crippen LogP contribution is -2.50. The van der Waals surface area contributed by atoms with Crippen LogP contribution in [0.15, 0.2) is 24.3 Å². The number of benzene rings is 1. The van der Waals surface area contributed by atoms with Gasteiger partial charge >= 0.3 is 15.4 Å². The van der Waals surface area contributed by atoms with Crippen molar-refractivity contribution in [2.45, 2.75) is 61.4 Å². The van der Waals surface area contributed by atoms with Gasteiger partial charge in [0.15, 0.2) is 0 Å². The molecule has 117 valence electrons. The minimum atomic E-state index is 0.320. The molecule has 4 rings (SSSR count). The number of aryl methyl sites for hydroxylation is 1. The summed E-state index contributed by atoms with van der Waals surface area (Å²) in [4.78, 5) is 2.61. The number of nitrogens with one attached hydrogen (secondary N) is 1. The number of hydrogen-bond donors (Lipinski definition) is 2. The van der Waals surface area contributed by atoms with Crippen LogP contribution in [-0.4, -0.2) is 50.7 Å². The molecule has 2 N–H and O–H groups in total. The highest BCUT2D eigenvalue weighted by atomic mass is 27.1. The van der Waals surface area contributed by atoms with Crippen LogP contribution in [0.5, 0.6) is 0 Å². The van der Waals surface area contributed by atoms with Crippen LogP contribution in [0.1, 0.15) is 49.3 Å². The topological polar surface area (TPSA) is 35.5 Å². The molecule has 3 aliphatic rings. The summed E-state index contributed by atoms with van der Waals surface area (Å²) in [6.45, 7) is 1.48. The van der Waals surface area contributed by atoms with Crippen LogP contribution in [0.3, 0.4) is 0 Å². The molecule has 0 bridgehead atoms. The monoisotopic (exact) mass is 313 g/mol. The molecule has 22 heavy (non-hydrogen) atoms. The van der Waals surface area contributed by atoms with Gasteiger partial charge in [0.25, 0.3) is 0 Å². The first-order valence-corrected chi connectivity index (χ1v) is 10.1. The van der Waals surface area contributed by atoms with Crippen LogP contribution in [0.4, 0.5) is 0 Å². The van der Waals surface area contributed by atoms with E-state index in [1.165, 1.54) is 43.2 Å². The molecule has 1 aromatic rings. The van der Waals surface area contributed by atoms with Gasteiger partial charge in [0.05, 0.1) is 6.61 Å². The summed E-state index contributed by atoms with van der Waals surface area (Å²) in [6, 6.07) is 10.4. The van der Waals surface area contributed by atoms with Gasteiger partial charge in [-0.2, -0.15) is 0 Å². The van der Waals surface area contributed by atoms with Gasteiger partial charge < -0.3 is 9.41 Å². The van der Waals surface area contributed by atoms with Crippen LogP contribution in [0.2, 0.25) is 4.78 Å². The first kappa shape index (κ1) is 15.2. The maximum atomic E-state index is 9.72. The second kappa shape index (κ2) is 6.63. The van der Waals surface area contributed by atoms with Crippen molar-refractivity contribution in [3.05, 3.63) is 35.4 Å². The zero-order valence-corrected chi connectivity index (χ0v) is 14.4. The summed E-state index contributed by atoms with van der Waals surface area (Å²) in [7, 11) is 0. The maximum absolute atomic E-state index is 9.72. The van der Waals surface area contributed by atoms with Crippen LogP contribution >= 0.6 is 0 Å². The molecule has 1 heterocycles. The third kappa shape index (κ3) is 3.00. The van der Waals surface area contributed by atoms with E-state index >= 15 is 0 Å². The van der Waals surface area contributed by atoms with Crippen molar-refractivity contribution in [3.63, 3.8) is 0 Å². The van der Waals surface area contributed by atoms with Gasteiger partial charge in [-0.1, -0.05) is 41.9 Å². The Morgan fingerprint density at radius 1 is 1.18 bits per heavy atom. The highest BCUT2D eigenvalue weighted by molar-refractivity contribution is 6.35. The Bertz CT molecular complexity index is 520. The molecule has 0 spiro atoms. The van der Waals surface area contributed by atoms with Crippen molar-refractivity contribution in [2.24, 2.45) is 0 Å². The third-order valence-corrected chi connectivity index (χ3v) is 7.37. The Morgan fingerprint density at radius 3 is 2.86 bits per heavy atom. The average Bonchev–Trinajstić information content (AvgIpc) is 3.27. The lowest BCUT2D eigenvalue weighted by Gasteiger charge is -2.42. The Labute approximate surface area is 140 Å². The first-order chi connectivity index (χ1) is 10.9. The Kier molecular flexibility index (Phi) is 4.57. The van der Waals surface area contributed by atoms with Gasteiger partial charge in [-0.3, -0.25) is 4.90 Å². The minimum absolute atomic E-state index is 0.320. The largest absolute Gasteiger partial charge is 0.398 e. The smallest absolute Gasteiger partial charge is 0.323 e. The van der Waals surface area contributed by atoms with Gasteiger partial charge in [0, 0.05) is 18.1 Å². The van der Waals surface area contributed by atoms with Crippen molar-refractivity contribution in [1.82, 2.24) is 9.20 Å². The number of hydrogen-bond acceptors (Lipinski definition) is 3. The van der Waals surface area contributed by atoms with Gasteiger partial charge in [-0.15, -0.1) is 0 Å². The summed E-state index contributed by atoms with van der Waals surface area (Å²) in [5, 5.41) is 9.72. The molecule has 0 amide bonds. The lowest BCUT2D eigenvalue weighted by atomic mass is 9.83. The summed E-state index contributed by atoms with van der Waals surface area (Å²) in [6.07, 6.45) is 7.69. The molecule has 2 aliphatic carbocycles. The number of aliphatic hydroxyl groups is 1. The first-order valence-electron chi connectivity index (χ1n) is 8.90. The maximum Gasteiger partial charge on any atom is 0.323 e. The summed E-state index contributed by atoms with van der Waals surface area (Å²) >= 11 is 0.375. The molecule has 1 aliphatic heterocycles. The molecule has 1 saturated carbocycles. The van der Waals surface area contributed by atoms with Gasteiger partial charge in [-0.05, 0) is 43.4 Å². The van der Waals surface area contributed by atoms with Crippen molar-refractivity contribution < 1.29 is 5.11 Å². The van der Waals surface area contributed by atoms with E-state index < -0.39 is 0 Å². The van der Waals surface area contributed by atoms with E-state index in [0.29, 0.717) is 40.2 Å². The fourth-order valence-corrected chi connectivity index (χ4v) is 5.70. The van der Waals surface area contributed by atoms with E-state index in [1.807, 2.05) is 0 Å². The minimum Gasteiger partial charge on any atom is -0.398 e. The summed E-state index contributed by atoms with van der Waals surface area (Å²) < 4.78 is 4.96. The Balaban J connectivity index is 1.58. The zero-order chi connectivity index (χ0) is 14.9. The van der Waals surface area contributed by atoms with Crippen molar-refractivity contribution in [1.29, 1.82) is 0 Å². The molecule has 4 heteroatoms. The SMILES string of the molecule is OCC1CCCN1C1CCc2ccccc2C1[NH][Al][CH]1CC1. The zero-order valence-electron chi connectivity index (χ0n) is 13.2. The summed E-state index contributed by atoms with van der Waals surface area (Å²) in [5.74, 6) is 0. The summed E-state index contributed by atoms with van der Waals surface area (Å²) in [5.41, 5.74) is 3.06. The van der Waals surface area contributed by atoms with Crippen LogP contribution in [-0.2, 0) is 6.42 Å². The number of rotatable bonds is 5. The fraction of sp³-hybridized carbons (Fsp3) is 0.667. The number of fused-ring (bicyclic) bond motifs is 1. The standard InChI is InChI=1S/C15H21N2O.C3H5.Al/c16-15-13-6-2-1-4-11(13)7-8-14(15)17-9-3-5-12(17)10-18;1-2-3-1;/h1-2,4,6,12,14-16,18H,3,5,7-10H2;1H,2-3H2;/q-1;;+1. The van der Waals surface area contributed by atoms with E-state index in [2.05, 4.69) is 33.5 Å².